The summed E-state index contributed by atoms with van der Waals surface area (Å²) in [6.45, 7) is 0. The van der Waals surface area contributed by atoms with E-state index in [9.17, 15) is 4.39 Å². The van der Waals surface area contributed by atoms with Crippen molar-refractivity contribution >= 4 is 23.0 Å². The standard InChI is InChI=1S/C29H27FN4OS/c30-20-7-5-8-22(19-20)33-18-6-12-26(33)28-27(25-11-3-4-17-31-25)32-29(36)34(28)21-13-15-24(16-14-21)35-23-9-1-2-10-23/h3-8,11-19,23,27-28H,1-2,9-10H2,(H,32,36)/t27-,28-/m1/s1. The number of aromatic nitrogens is 2. The smallest absolute Gasteiger partial charge is 0.174 e. The van der Waals surface area contributed by atoms with Gasteiger partial charge in [-0.2, -0.15) is 0 Å². The molecule has 1 aliphatic heterocycles. The summed E-state index contributed by atoms with van der Waals surface area (Å²) in [5.74, 6) is 0.605. The van der Waals surface area contributed by atoms with Crippen molar-refractivity contribution in [2.45, 2.75) is 43.9 Å². The molecule has 2 fully saturated rings. The molecule has 36 heavy (non-hydrogen) atoms. The lowest BCUT2D eigenvalue weighted by Gasteiger charge is -2.29. The maximum Gasteiger partial charge on any atom is 0.174 e. The molecular formula is C29H27FN4OS. The fraction of sp³-hybridized carbons (Fsp3) is 0.241. The molecule has 2 aliphatic rings. The van der Waals surface area contributed by atoms with Gasteiger partial charge in [0.05, 0.1) is 17.8 Å². The van der Waals surface area contributed by atoms with Crippen LogP contribution in [0, 0.1) is 5.82 Å². The number of thiocarbonyl (C=S) groups is 1. The Morgan fingerprint density at radius 3 is 2.50 bits per heavy atom. The minimum atomic E-state index is -0.275. The minimum Gasteiger partial charge on any atom is -0.490 e. The maximum atomic E-state index is 14.1. The third kappa shape index (κ3) is 4.35. The number of rotatable bonds is 6. The van der Waals surface area contributed by atoms with Gasteiger partial charge in [0, 0.05) is 29.5 Å². The van der Waals surface area contributed by atoms with Gasteiger partial charge < -0.3 is 19.5 Å². The largest absolute Gasteiger partial charge is 0.490 e. The number of ether oxygens (including phenoxy) is 1. The third-order valence-electron chi connectivity index (χ3n) is 6.99. The van der Waals surface area contributed by atoms with E-state index in [0.29, 0.717) is 11.2 Å². The fourth-order valence-electron chi connectivity index (χ4n) is 5.31. The highest BCUT2D eigenvalue weighted by atomic mass is 32.1. The lowest BCUT2D eigenvalue weighted by Crippen LogP contribution is -2.30. The second-order valence-corrected chi connectivity index (χ2v) is 9.68. The summed E-state index contributed by atoms with van der Waals surface area (Å²) in [7, 11) is 0. The van der Waals surface area contributed by atoms with Crippen LogP contribution in [0.25, 0.3) is 5.69 Å². The van der Waals surface area contributed by atoms with Crippen molar-refractivity contribution in [3.63, 3.8) is 0 Å². The van der Waals surface area contributed by atoms with Crippen LogP contribution < -0.4 is 15.0 Å². The average molecular weight is 499 g/mol. The van der Waals surface area contributed by atoms with Gasteiger partial charge in [0.25, 0.3) is 0 Å². The zero-order valence-electron chi connectivity index (χ0n) is 19.8. The number of benzene rings is 2. The molecule has 6 rings (SSSR count). The van der Waals surface area contributed by atoms with E-state index in [1.807, 2.05) is 53.2 Å². The second-order valence-electron chi connectivity index (χ2n) is 9.30. The predicted octanol–water partition coefficient (Wildman–Crippen LogP) is 6.51. The van der Waals surface area contributed by atoms with E-state index in [1.165, 1.54) is 18.9 Å². The van der Waals surface area contributed by atoms with Crippen LogP contribution in [0.2, 0.25) is 0 Å². The van der Waals surface area contributed by atoms with Crippen LogP contribution in [-0.4, -0.2) is 20.8 Å². The van der Waals surface area contributed by atoms with E-state index in [-0.39, 0.29) is 17.9 Å². The highest BCUT2D eigenvalue weighted by Gasteiger charge is 2.42. The topological polar surface area (TPSA) is 42.3 Å². The highest BCUT2D eigenvalue weighted by Crippen LogP contribution is 2.42. The Morgan fingerprint density at radius 2 is 1.75 bits per heavy atom. The molecular weight excluding hydrogens is 471 g/mol. The van der Waals surface area contributed by atoms with E-state index in [0.717, 1.165) is 41.4 Å². The van der Waals surface area contributed by atoms with Crippen molar-refractivity contribution in [1.82, 2.24) is 14.9 Å². The number of anilines is 1. The number of hydrogen-bond donors (Lipinski definition) is 1. The molecule has 4 aromatic rings. The summed E-state index contributed by atoms with van der Waals surface area (Å²) in [5.41, 5.74) is 3.59. The zero-order valence-corrected chi connectivity index (χ0v) is 20.6. The van der Waals surface area contributed by atoms with Crippen molar-refractivity contribution in [2.75, 3.05) is 4.90 Å². The molecule has 2 aromatic carbocycles. The molecule has 2 atom stereocenters. The Kier molecular flexibility index (Phi) is 6.15. The molecule has 1 saturated carbocycles. The predicted molar refractivity (Wildman–Crippen MR) is 143 cm³/mol. The number of pyridine rings is 1. The van der Waals surface area contributed by atoms with Crippen LogP contribution >= 0.6 is 12.2 Å². The highest BCUT2D eigenvalue weighted by molar-refractivity contribution is 7.80. The number of nitrogens with zero attached hydrogens (tertiary/aromatic N) is 3. The van der Waals surface area contributed by atoms with Crippen LogP contribution in [-0.2, 0) is 0 Å². The van der Waals surface area contributed by atoms with Crippen LogP contribution in [0.4, 0.5) is 10.1 Å². The summed E-state index contributed by atoms with van der Waals surface area (Å²) in [5, 5.41) is 4.11. The Balaban J connectivity index is 1.40. The van der Waals surface area contributed by atoms with Gasteiger partial charge >= 0.3 is 0 Å². The summed E-state index contributed by atoms with van der Waals surface area (Å²) in [6.07, 6.45) is 8.76. The number of halogens is 1. The van der Waals surface area contributed by atoms with Gasteiger partial charge in [-0.3, -0.25) is 4.98 Å². The first-order chi connectivity index (χ1) is 17.7. The molecule has 182 valence electrons. The maximum absolute atomic E-state index is 14.1. The molecule has 2 aromatic heterocycles. The van der Waals surface area contributed by atoms with Gasteiger partial charge in [0.15, 0.2) is 5.11 Å². The number of nitrogens with one attached hydrogen (secondary N) is 1. The van der Waals surface area contributed by atoms with Crippen molar-refractivity contribution in [2.24, 2.45) is 0 Å². The van der Waals surface area contributed by atoms with E-state index in [2.05, 4.69) is 33.4 Å². The monoisotopic (exact) mass is 498 g/mol. The van der Waals surface area contributed by atoms with Crippen LogP contribution in [0.15, 0.2) is 91.3 Å². The summed E-state index contributed by atoms with van der Waals surface area (Å²) in [6, 6.07) is 24.3. The quantitative estimate of drug-likeness (QED) is 0.307. The Bertz CT molecular complexity index is 1350. The molecule has 7 heteroatoms. The third-order valence-corrected chi connectivity index (χ3v) is 7.30. The number of hydrogen-bond acceptors (Lipinski definition) is 3. The van der Waals surface area contributed by atoms with Crippen LogP contribution in [0.1, 0.15) is 49.2 Å². The van der Waals surface area contributed by atoms with Gasteiger partial charge in [-0.25, -0.2) is 4.39 Å². The molecule has 0 radical (unpaired) electrons. The minimum absolute atomic E-state index is 0.185. The van der Waals surface area contributed by atoms with E-state index < -0.39 is 0 Å². The Labute approximate surface area is 215 Å². The lowest BCUT2D eigenvalue weighted by atomic mass is 10.0. The zero-order chi connectivity index (χ0) is 24.5. The molecule has 0 bridgehead atoms. The van der Waals surface area contributed by atoms with Crippen molar-refractivity contribution < 1.29 is 9.13 Å². The van der Waals surface area contributed by atoms with Crippen LogP contribution in [0.3, 0.4) is 0 Å². The molecule has 5 nitrogen and oxygen atoms in total. The van der Waals surface area contributed by atoms with Gasteiger partial charge in [-0.1, -0.05) is 12.1 Å². The molecule has 3 heterocycles. The van der Waals surface area contributed by atoms with E-state index in [4.69, 9.17) is 17.0 Å². The second kappa shape index (κ2) is 9.74. The fourth-order valence-corrected chi connectivity index (χ4v) is 5.66. The van der Waals surface area contributed by atoms with Crippen molar-refractivity contribution in [1.29, 1.82) is 0 Å². The first-order valence-electron chi connectivity index (χ1n) is 12.4. The Hall–Kier alpha value is -3.71. The Morgan fingerprint density at radius 1 is 0.917 bits per heavy atom. The van der Waals surface area contributed by atoms with Gasteiger partial charge in [-0.05, 0) is 105 Å². The molecule has 1 saturated heterocycles. The first-order valence-corrected chi connectivity index (χ1v) is 12.8. The lowest BCUT2D eigenvalue weighted by molar-refractivity contribution is 0.210. The van der Waals surface area contributed by atoms with Gasteiger partial charge in [0.1, 0.15) is 17.6 Å². The molecule has 0 amide bonds. The first kappa shape index (κ1) is 22.7. The van der Waals surface area contributed by atoms with Gasteiger partial charge in [0.2, 0.25) is 0 Å². The molecule has 0 spiro atoms. The van der Waals surface area contributed by atoms with Gasteiger partial charge in [-0.15, -0.1) is 0 Å². The summed E-state index contributed by atoms with van der Waals surface area (Å²) in [4.78, 5) is 6.76. The molecule has 1 N–H and O–H groups in total. The van der Waals surface area contributed by atoms with E-state index in [1.54, 1.807) is 18.3 Å². The molecule has 0 unspecified atom stereocenters. The normalized spacial score (nSPS) is 20.0. The SMILES string of the molecule is Fc1cccc(-n2cccc2[C@@H]2[C@@H](c3ccccn3)NC(=S)N2c2ccc(OC3CCCC3)cc2)c1. The summed E-state index contributed by atoms with van der Waals surface area (Å²) < 4.78 is 22.3. The van der Waals surface area contributed by atoms with Crippen LogP contribution in [0.5, 0.6) is 5.75 Å². The van der Waals surface area contributed by atoms with Crippen molar-refractivity contribution in [3.8, 4) is 11.4 Å². The average Bonchev–Trinajstić information content (AvgIpc) is 3.65. The van der Waals surface area contributed by atoms with E-state index >= 15 is 0 Å². The molecule has 1 aliphatic carbocycles. The summed E-state index contributed by atoms with van der Waals surface area (Å²) >= 11 is 5.87. The van der Waals surface area contributed by atoms with Crippen molar-refractivity contribution in [3.05, 3.63) is 108 Å².